The van der Waals surface area contributed by atoms with Crippen LogP contribution < -0.4 is 10.0 Å². The number of aryl methyl sites for hydroxylation is 1. The lowest BCUT2D eigenvalue weighted by atomic mass is 10.3. The summed E-state index contributed by atoms with van der Waals surface area (Å²) in [4.78, 5) is 4.21. The van der Waals surface area contributed by atoms with Crippen LogP contribution in [0, 0.1) is 6.92 Å². The highest BCUT2D eigenvalue weighted by molar-refractivity contribution is 7.89. The first-order valence-corrected chi connectivity index (χ1v) is 8.96. The third-order valence-corrected chi connectivity index (χ3v) is 4.91. The van der Waals surface area contributed by atoms with Gasteiger partial charge in [0.05, 0.1) is 13.1 Å². The van der Waals surface area contributed by atoms with Gasteiger partial charge in [0.25, 0.3) is 10.0 Å². The molecule has 2 heterocycles. The maximum Gasteiger partial charge on any atom is 0.274 e. The summed E-state index contributed by atoms with van der Waals surface area (Å²) in [5, 5.41) is 5.70. The van der Waals surface area contributed by atoms with Gasteiger partial charge in [-0.1, -0.05) is 13.8 Å². The number of thiazole rings is 1. The molecule has 0 spiro atoms. The van der Waals surface area contributed by atoms with Gasteiger partial charge in [0.1, 0.15) is 10.8 Å². The van der Waals surface area contributed by atoms with Crippen LogP contribution in [0.25, 0.3) is 0 Å². The maximum absolute atomic E-state index is 12.1. The Bertz CT molecular complexity index is 689. The van der Waals surface area contributed by atoms with Gasteiger partial charge in [-0.25, -0.2) is 18.1 Å². The predicted octanol–water partition coefficient (Wildman–Crippen LogP) is 2.02. The van der Waals surface area contributed by atoms with E-state index in [1.807, 2.05) is 26.2 Å². The van der Waals surface area contributed by atoms with E-state index >= 15 is 0 Å². The molecule has 0 atom stereocenters. The van der Waals surface area contributed by atoms with Gasteiger partial charge in [0.2, 0.25) is 5.09 Å². The molecule has 0 radical (unpaired) electrons. The number of hydrogen-bond acceptors (Lipinski definition) is 6. The van der Waals surface area contributed by atoms with Crippen LogP contribution in [0.3, 0.4) is 0 Å². The van der Waals surface area contributed by atoms with E-state index in [1.54, 1.807) is 6.07 Å². The molecule has 0 aliphatic rings. The van der Waals surface area contributed by atoms with Gasteiger partial charge in [-0.2, -0.15) is 0 Å². The first kappa shape index (κ1) is 16.2. The molecule has 8 heteroatoms. The molecule has 0 aromatic carbocycles. The SMILES string of the molecule is Cc1csc(CNS(=O)(=O)c2ccc(CNC(C)C)o2)n1. The predicted molar refractivity (Wildman–Crippen MR) is 81.6 cm³/mol. The zero-order valence-corrected chi connectivity index (χ0v) is 13.8. The van der Waals surface area contributed by atoms with Gasteiger partial charge in [-0.05, 0) is 19.1 Å². The van der Waals surface area contributed by atoms with Crippen molar-refractivity contribution in [2.24, 2.45) is 0 Å². The molecule has 2 N–H and O–H groups in total. The van der Waals surface area contributed by atoms with E-state index in [0.717, 1.165) is 10.7 Å². The van der Waals surface area contributed by atoms with Gasteiger partial charge in [-0.15, -0.1) is 11.3 Å². The summed E-state index contributed by atoms with van der Waals surface area (Å²) in [6.45, 7) is 6.56. The second kappa shape index (κ2) is 6.69. The first-order chi connectivity index (χ1) is 9.87. The normalized spacial score (nSPS) is 12.2. The van der Waals surface area contributed by atoms with Crippen LogP contribution in [0.15, 0.2) is 27.0 Å². The third kappa shape index (κ3) is 4.63. The Labute approximate surface area is 128 Å². The van der Waals surface area contributed by atoms with Gasteiger partial charge >= 0.3 is 0 Å². The monoisotopic (exact) mass is 329 g/mol. The van der Waals surface area contributed by atoms with Crippen LogP contribution in [0.4, 0.5) is 0 Å². The zero-order chi connectivity index (χ0) is 15.5. The highest BCUT2D eigenvalue weighted by atomic mass is 32.2. The van der Waals surface area contributed by atoms with Gasteiger partial charge in [-0.3, -0.25) is 0 Å². The van der Waals surface area contributed by atoms with E-state index in [2.05, 4.69) is 15.0 Å². The molecular formula is C13H19N3O3S2. The van der Waals surface area contributed by atoms with E-state index in [9.17, 15) is 8.42 Å². The van der Waals surface area contributed by atoms with Crippen molar-refractivity contribution >= 4 is 21.4 Å². The Kier molecular flexibility index (Phi) is 5.15. The average Bonchev–Trinajstić information content (AvgIpc) is 3.03. The number of aromatic nitrogens is 1. The molecule has 0 saturated heterocycles. The number of hydrogen-bond donors (Lipinski definition) is 2. The number of sulfonamides is 1. The molecule has 0 amide bonds. The second-order valence-corrected chi connectivity index (χ2v) is 7.60. The Morgan fingerprint density at radius 3 is 2.71 bits per heavy atom. The van der Waals surface area contributed by atoms with E-state index in [4.69, 9.17) is 4.42 Å². The first-order valence-electron chi connectivity index (χ1n) is 6.59. The summed E-state index contributed by atoms with van der Waals surface area (Å²) < 4.78 is 32.1. The van der Waals surface area contributed by atoms with Gasteiger partial charge in [0, 0.05) is 17.1 Å². The van der Waals surface area contributed by atoms with Crippen LogP contribution in [0.5, 0.6) is 0 Å². The van der Waals surface area contributed by atoms with E-state index in [-0.39, 0.29) is 11.6 Å². The Morgan fingerprint density at radius 1 is 1.33 bits per heavy atom. The van der Waals surface area contributed by atoms with Crippen LogP contribution >= 0.6 is 11.3 Å². The second-order valence-electron chi connectivity index (χ2n) is 4.96. The molecule has 0 bridgehead atoms. The van der Waals surface area contributed by atoms with Crippen LogP contribution in [0.2, 0.25) is 0 Å². The van der Waals surface area contributed by atoms with Crippen molar-refractivity contribution in [2.45, 2.75) is 45.0 Å². The Hall–Kier alpha value is -1.22. The molecule has 0 aliphatic heterocycles. The fourth-order valence-electron chi connectivity index (χ4n) is 1.61. The molecular weight excluding hydrogens is 310 g/mol. The molecule has 0 saturated carbocycles. The molecule has 6 nitrogen and oxygen atoms in total. The lowest BCUT2D eigenvalue weighted by Crippen LogP contribution is -2.23. The fourth-order valence-corrected chi connectivity index (χ4v) is 3.35. The molecule has 2 aromatic heterocycles. The fraction of sp³-hybridized carbons (Fsp3) is 0.462. The largest absolute Gasteiger partial charge is 0.447 e. The summed E-state index contributed by atoms with van der Waals surface area (Å²) in [7, 11) is -3.64. The number of nitrogens with one attached hydrogen (secondary N) is 2. The maximum atomic E-state index is 12.1. The molecule has 0 fully saturated rings. The summed E-state index contributed by atoms with van der Waals surface area (Å²) in [6.07, 6.45) is 0. The summed E-state index contributed by atoms with van der Waals surface area (Å²) >= 11 is 1.42. The molecule has 0 aliphatic carbocycles. The van der Waals surface area contributed by atoms with Gasteiger partial charge < -0.3 is 9.73 Å². The molecule has 2 rings (SSSR count). The van der Waals surface area contributed by atoms with E-state index < -0.39 is 10.0 Å². The van der Waals surface area contributed by atoms with Crippen molar-refractivity contribution in [2.75, 3.05) is 0 Å². The quantitative estimate of drug-likeness (QED) is 0.812. The minimum atomic E-state index is -3.64. The highest BCUT2D eigenvalue weighted by Gasteiger charge is 2.19. The standard InChI is InChI=1S/C13H19N3O3S2/c1-9(2)14-6-11-4-5-13(19-11)21(17,18)15-7-12-16-10(3)8-20-12/h4-5,8-9,14-15H,6-7H2,1-3H3. The highest BCUT2D eigenvalue weighted by Crippen LogP contribution is 2.15. The van der Waals surface area contributed by atoms with Crippen LogP contribution in [-0.4, -0.2) is 19.4 Å². The number of rotatable bonds is 7. The minimum Gasteiger partial charge on any atom is -0.447 e. The molecule has 0 unspecified atom stereocenters. The summed E-state index contributed by atoms with van der Waals surface area (Å²) in [6, 6.07) is 3.44. The zero-order valence-electron chi connectivity index (χ0n) is 12.2. The van der Waals surface area contributed by atoms with E-state index in [0.29, 0.717) is 18.3 Å². The van der Waals surface area contributed by atoms with E-state index in [1.165, 1.54) is 17.4 Å². The lowest BCUT2D eigenvalue weighted by molar-refractivity contribution is 0.393. The Morgan fingerprint density at radius 2 is 2.10 bits per heavy atom. The lowest BCUT2D eigenvalue weighted by Gasteiger charge is -2.05. The number of nitrogens with zero attached hydrogens (tertiary/aromatic N) is 1. The summed E-state index contributed by atoms with van der Waals surface area (Å²) in [5.74, 6) is 0.592. The van der Waals surface area contributed by atoms with Crippen molar-refractivity contribution in [3.05, 3.63) is 34.0 Å². The smallest absolute Gasteiger partial charge is 0.274 e. The topological polar surface area (TPSA) is 84.2 Å². The van der Waals surface area contributed by atoms with Crippen molar-refractivity contribution in [3.8, 4) is 0 Å². The summed E-state index contributed by atoms with van der Waals surface area (Å²) in [5.41, 5.74) is 0.884. The van der Waals surface area contributed by atoms with Crippen molar-refractivity contribution in [1.29, 1.82) is 0 Å². The van der Waals surface area contributed by atoms with Crippen molar-refractivity contribution in [3.63, 3.8) is 0 Å². The minimum absolute atomic E-state index is 0.0728. The molecule has 21 heavy (non-hydrogen) atoms. The van der Waals surface area contributed by atoms with Crippen molar-refractivity contribution < 1.29 is 12.8 Å². The number of furan rings is 1. The molecule has 2 aromatic rings. The van der Waals surface area contributed by atoms with Gasteiger partial charge in [0.15, 0.2) is 0 Å². The van der Waals surface area contributed by atoms with Crippen LogP contribution in [0.1, 0.15) is 30.3 Å². The Balaban J connectivity index is 1.99. The van der Waals surface area contributed by atoms with Crippen molar-refractivity contribution in [1.82, 2.24) is 15.0 Å². The molecule has 116 valence electrons. The van der Waals surface area contributed by atoms with Crippen LogP contribution in [-0.2, 0) is 23.1 Å². The third-order valence-electron chi connectivity index (χ3n) is 2.67. The average molecular weight is 329 g/mol.